The number of nitrogens with one attached hydrogen (secondary N) is 1. The highest BCUT2D eigenvalue weighted by Gasteiger charge is 2.32. The fourth-order valence-electron chi connectivity index (χ4n) is 2.81. The van der Waals surface area contributed by atoms with Crippen LogP contribution in [0.5, 0.6) is 0 Å². The van der Waals surface area contributed by atoms with Gasteiger partial charge in [-0.1, -0.05) is 41.9 Å². The lowest BCUT2D eigenvalue weighted by Crippen LogP contribution is -2.34. The van der Waals surface area contributed by atoms with Crippen molar-refractivity contribution in [3.8, 4) is 0 Å². The third-order valence-corrected chi connectivity index (χ3v) is 4.17. The number of fused-ring (bicyclic) bond motifs is 1. The Labute approximate surface area is 128 Å². The van der Waals surface area contributed by atoms with Gasteiger partial charge in [0.2, 0.25) is 0 Å². The van der Waals surface area contributed by atoms with Crippen LogP contribution >= 0.6 is 11.6 Å². The van der Waals surface area contributed by atoms with Crippen LogP contribution in [-0.2, 0) is 6.42 Å². The zero-order valence-corrected chi connectivity index (χ0v) is 12.4. The highest BCUT2D eigenvalue weighted by molar-refractivity contribution is 6.31. The van der Waals surface area contributed by atoms with Gasteiger partial charge in [-0.05, 0) is 35.7 Å². The van der Waals surface area contributed by atoms with Crippen LogP contribution < -0.4 is 5.32 Å². The number of aliphatic hydroxyl groups excluding tert-OH is 1. The topological polar surface area (TPSA) is 49.3 Å². The summed E-state index contributed by atoms with van der Waals surface area (Å²) in [6, 6.07) is 12.6. The maximum absolute atomic E-state index is 12.4. The number of carbonyl (C=O) groups excluding carboxylic acids is 1. The SMILES string of the molecule is Cc1ccc(Cl)cc1C(=O)NC1c2ccccc2CC1O. The number of halogens is 1. The molecule has 3 rings (SSSR count). The predicted octanol–water partition coefficient (Wildman–Crippen LogP) is 3.04. The number of hydrogen-bond acceptors (Lipinski definition) is 2. The number of carbonyl (C=O) groups is 1. The molecule has 2 atom stereocenters. The van der Waals surface area contributed by atoms with E-state index in [4.69, 9.17) is 11.6 Å². The maximum Gasteiger partial charge on any atom is 0.252 e. The van der Waals surface area contributed by atoms with Gasteiger partial charge in [-0.2, -0.15) is 0 Å². The van der Waals surface area contributed by atoms with Gasteiger partial charge in [-0.3, -0.25) is 4.79 Å². The second-order valence-electron chi connectivity index (χ2n) is 5.38. The Morgan fingerprint density at radius 2 is 2.05 bits per heavy atom. The van der Waals surface area contributed by atoms with Gasteiger partial charge in [0, 0.05) is 17.0 Å². The molecule has 108 valence electrons. The van der Waals surface area contributed by atoms with E-state index in [-0.39, 0.29) is 11.9 Å². The van der Waals surface area contributed by atoms with Crippen LogP contribution in [0.4, 0.5) is 0 Å². The molecule has 0 aromatic heterocycles. The molecular weight excluding hydrogens is 286 g/mol. The van der Waals surface area contributed by atoms with Crippen LogP contribution in [0.15, 0.2) is 42.5 Å². The summed E-state index contributed by atoms with van der Waals surface area (Å²) < 4.78 is 0. The molecule has 2 unspecified atom stereocenters. The van der Waals surface area contributed by atoms with Crippen LogP contribution in [0.1, 0.15) is 33.1 Å². The average molecular weight is 302 g/mol. The average Bonchev–Trinajstić information content (AvgIpc) is 2.78. The minimum atomic E-state index is -0.592. The van der Waals surface area contributed by atoms with Crippen molar-refractivity contribution in [2.45, 2.75) is 25.5 Å². The van der Waals surface area contributed by atoms with Gasteiger partial charge in [0.1, 0.15) is 0 Å². The van der Waals surface area contributed by atoms with Gasteiger partial charge >= 0.3 is 0 Å². The molecule has 2 N–H and O–H groups in total. The predicted molar refractivity (Wildman–Crippen MR) is 82.5 cm³/mol. The summed E-state index contributed by atoms with van der Waals surface area (Å²) in [5.74, 6) is -0.212. The van der Waals surface area contributed by atoms with Gasteiger partial charge in [0.15, 0.2) is 0 Å². The lowest BCUT2D eigenvalue weighted by Gasteiger charge is -2.18. The van der Waals surface area contributed by atoms with E-state index in [1.807, 2.05) is 37.3 Å². The molecule has 4 heteroatoms. The van der Waals surface area contributed by atoms with E-state index in [9.17, 15) is 9.90 Å². The summed E-state index contributed by atoms with van der Waals surface area (Å²) in [5.41, 5.74) is 3.47. The number of hydrogen-bond donors (Lipinski definition) is 2. The Morgan fingerprint density at radius 3 is 2.86 bits per heavy atom. The largest absolute Gasteiger partial charge is 0.390 e. The van der Waals surface area contributed by atoms with Crippen LogP contribution in [-0.4, -0.2) is 17.1 Å². The normalized spacial score (nSPS) is 20.1. The monoisotopic (exact) mass is 301 g/mol. The molecule has 2 aromatic rings. The van der Waals surface area contributed by atoms with E-state index < -0.39 is 6.10 Å². The smallest absolute Gasteiger partial charge is 0.252 e. The van der Waals surface area contributed by atoms with Crippen molar-refractivity contribution in [3.63, 3.8) is 0 Å². The van der Waals surface area contributed by atoms with E-state index in [0.29, 0.717) is 17.0 Å². The van der Waals surface area contributed by atoms with E-state index in [2.05, 4.69) is 5.32 Å². The van der Waals surface area contributed by atoms with E-state index in [1.165, 1.54) is 0 Å². The second-order valence-corrected chi connectivity index (χ2v) is 5.82. The number of amides is 1. The summed E-state index contributed by atoms with van der Waals surface area (Å²) in [6.07, 6.45) is -0.0267. The van der Waals surface area contributed by atoms with Gasteiger partial charge in [-0.25, -0.2) is 0 Å². The molecule has 21 heavy (non-hydrogen) atoms. The summed E-state index contributed by atoms with van der Waals surface area (Å²) in [6.45, 7) is 1.87. The van der Waals surface area contributed by atoms with Gasteiger partial charge in [0.25, 0.3) is 5.91 Å². The van der Waals surface area contributed by atoms with Crippen molar-refractivity contribution in [2.75, 3.05) is 0 Å². The zero-order chi connectivity index (χ0) is 15.0. The first kappa shape index (κ1) is 14.1. The summed E-state index contributed by atoms with van der Waals surface area (Å²) in [7, 11) is 0. The van der Waals surface area contributed by atoms with E-state index >= 15 is 0 Å². The summed E-state index contributed by atoms with van der Waals surface area (Å²) in [4.78, 5) is 12.4. The van der Waals surface area contributed by atoms with Crippen molar-refractivity contribution in [1.29, 1.82) is 0 Å². The molecule has 0 fully saturated rings. The van der Waals surface area contributed by atoms with E-state index in [1.54, 1.807) is 12.1 Å². The van der Waals surface area contributed by atoms with Crippen LogP contribution in [0.3, 0.4) is 0 Å². The molecule has 2 aromatic carbocycles. The zero-order valence-electron chi connectivity index (χ0n) is 11.6. The van der Waals surface area contributed by atoms with Gasteiger partial charge < -0.3 is 10.4 Å². The van der Waals surface area contributed by atoms with Crippen molar-refractivity contribution < 1.29 is 9.90 Å². The third kappa shape index (κ3) is 2.67. The first-order valence-corrected chi connectivity index (χ1v) is 7.27. The molecule has 1 amide bonds. The highest BCUT2D eigenvalue weighted by atomic mass is 35.5. The lowest BCUT2D eigenvalue weighted by atomic mass is 10.1. The Bertz CT molecular complexity index is 699. The molecule has 3 nitrogen and oxygen atoms in total. The van der Waals surface area contributed by atoms with Gasteiger partial charge in [-0.15, -0.1) is 0 Å². The maximum atomic E-state index is 12.4. The van der Waals surface area contributed by atoms with Crippen molar-refractivity contribution in [1.82, 2.24) is 5.32 Å². The standard InChI is InChI=1S/C17H16ClNO2/c1-10-6-7-12(18)9-14(10)17(21)19-16-13-5-3-2-4-11(13)8-15(16)20/h2-7,9,15-16,20H,8H2,1H3,(H,19,21). The fraction of sp³-hybridized carbons (Fsp3) is 0.235. The molecule has 0 bridgehead atoms. The first-order valence-electron chi connectivity index (χ1n) is 6.89. The number of benzene rings is 2. The molecule has 0 spiro atoms. The molecule has 1 aliphatic carbocycles. The summed E-state index contributed by atoms with van der Waals surface area (Å²) in [5, 5.41) is 13.6. The Morgan fingerprint density at radius 1 is 1.29 bits per heavy atom. The van der Waals surface area contributed by atoms with Crippen molar-refractivity contribution in [3.05, 3.63) is 69.7 Å². The molecule has 0 aliphatic heterocycles. The van der Waals surface area contributed by atoms with Crippen molar-refractivity contribution in [2.24, 2.45) is 0 Å². The molecule has 1 aliphatic rings. The summed E-state index contributed by atoms with van der Waals surface area (Å²) >= 11 is 5.96. The first-order chi connectivity index (χ1) is 10.1. The molecule has 0 saturated carbocycles. The highest BCUT2D eigenvalue weighted by Crippen LogP contribution is 2.31. The number of aliphatic hydroxyl groups is 1. The quantitative estimate of drug-likeness (QED) is 0.896. The minimum absolute atomic E-state index is 0.212. The third-order valence-electron chi connectivity index (χ3n) is 3.93. The van der Waals surface area contributed by atoms with Crippen LogP contribution in [0.2, 0.25) is 5.02 Å². The molecule has 0 heterocycles. The van der Waals surface area contributed by atoms with Crippen LogP contribution in [0.25, 0.3) is 0 Å². The van der Waals surface area contributed by atoms with E-state index in [0.717, 1.165) is 16.7 Å². The molecule has 0 radical (unpaired) electrons. The fourth-order valence-corrected chi connectivity index (χ4v) is 2.98. The Balaban J connectivity index is 1.87. The molecule has 0 saturated heterocycles. The Kier molecular flexibility index (Phi) is 3.70. The minimum Gasteiger partial charge on any atom is -0.390 e. The number of aryl methyl sites for hydroxylation is 1. The van der Waals surface area contributed by atoms with Crippen LogP contribution in [0, 0.1) is 6.92 Å². The van der Waals surface area contributed by atoms with Gasteiger partial charge in [0.05, 0.1) is 12.1 Å². The van der Waals surface area contributed by atoms with Crippen molar-refractivity contribution >= 4 is 17.5 Å². The number of rotatable bonds is 2. The second kappa shape index (κ2) is 5.51. The lowest BCUT2D eigenvalue weighted by molar-refractivity contribution is 0.0857. The molecular formula is C17H16ClNO2. The Hall–Kier alpha value is -1.84.